The largest absolute Gasteiger partial charge is 0.495 e. The molecule has 1 amide bonds. The van der Waals surface area contributed by atoms with E-state index in [2.05, 4.69) is 23.0 Å². The van der Waals surface area contributed by atoms with Crippen molar-refractivity contribution in [2.45, 2.75) is 25.8 Å². The number of rotatable bonds is 5. The number of aromatic nitrogens is 1. The van der Waals surface area contributed by atoms with Crippen LogP contribution in [0.5, 0.6) is 5.75 Å². The first-order valence-electron chi connectivity index (χ1n) is 8.37. The third kappa shape index (κ3) is 4.07. The summed E-state index contributed by atoms with van der Waals surface area (Å²) in [5.74, 6) is 1.62. The SMILES string of the molecule is COc1ccccc1N1CCN(C(=O)CCc2cc(Cl)no2)[C@H](C)C1. The standard InChI is InChI=1S/C18H22ClN3O3/c1-13-12-21(15-5-3-4-6-16(15)24-2)9-10-22(13)18(23)8-7-14-11-17(19)20-25-14/h3-6,11,13H,7-10,12H2,1-2H3/t13-/m1/s1. The van der Waals surface area contributed by atoms with Gasteiger partial charge in [-0.2, -0.15) is 0 Å². The van der Waals surface area contributed by atoms with Crippen molar-refractivity contribution in [3.05, 3.63) is 41.2 Å². The van der Waals surface area contributed by atoms with E-state index in [-0.39, 0.29) is 11.9 Å². The van der Waals surface area contributed by atoms with Crippen LogP contribution in [0.3, 0.4) is 0 Å². The van der Waals surface area contributed by atoms with Crippen molar-refractivity contribution in [1.82, 2.24) is 10.1 Å². The van der Waals surface area contributed by atoms with Gasteiger partial charge in [0.1, 0.15) is 11.5 Å². The van der Waals surface area contributed by atoms with Gasteiger partial charge in [-0.15, -0.1) is 0 Å². The second-order valence-electron chi connectivity index (χ2n) is 6.17. The molecule has 2 aromatic rings. The number of amides is 1. The summed E-state index contributed by atoms with van der Waals surface area (Å²) in [6.45, 7) is 4.32. The van der Waals surface area contributed by atoms with Crippen LogP contribution in [0, 0.1) is 0 Å². The summed E-state index contributed by atoms with van der Waals surface area (Å²) in [6, 6.07) is 9.75. The quantitative estimate of drug-likeness (QED) is 0.817. The average Bonchev–Trinajstić information content (AvgIpc) is 3.05. The van der Waals surface area contributed by atoms with Crippen LogP contribution in [0.1, 0.15) is 19.1 Å². The normalized spacial score (nSPS) is 17.6. The van der Waals surface area contributed by atoms with Gasteiger partial charge in [0.2, 0.25) is 5.91 Å². The summed E-state index contributed by atoms with van der Waals surface area (Å²) in [7, 11) is 1.68. The number of para-hydroxylation sites is 2. The molecule has 1 saturated heterocycles. The molecule has 1 aromatic heterocycles. The molecule has 2 heterocycles. The van der Waals surface area contributed by atoms with E-state index in [4.69, 9.17) is 20.9 Å². The van der Waals surface area contributed by atoms with Gasteiger partial charge in [0, 0.05) is 44.6 Å². The van der Waals surface area contributed by atoms with Gasteiger partial charge < -0.3 is 19.1 Å². The van der Waals surface area contributed by atoms with Gasteiger partial charge in [0.05, 0.1) is 12.8 Å². The molecule has 0 aliphatic carbocycles. The number of ether oxygens (including phenoxy) is 1. The van der Waals surface area contributed by atoms with Crippen molar-refractivity contribution in [3.63, 3.8) is 0 Å². The molecule has 0 bridgehead atoms. The fourth-order valence-corrected chi connectivity index (χ4v) is 3.37. The highest BCUT2D eigenvalue weighted by molar-refractivity contribution is 6.29. The van der Waals surface area contributed by atoms with Gasteiger partial charge in [0.25, 0.3) is 0 Å². The molecule has 134 valence electrons. The lowest BCUT2D eigenvalue weighted by Gasteiger charge is -2.41. The number of anilines is 1. The molecule has 1 aliphatic rings. The van der Waals surface area contributed by atoms with E-state index < -0.39 is 0 Å². The number of piperazine rings is 1. The number of hydrogen-bond acceptors (Lipinski definition) is 5. The van der Waals surface area contributed by atoms with Crippen LogP contribution in [0.4, 0.5) is 5.69 Å². The van der Waals surface area contributed by atoms with Crippen LogP contribution in [0.15, 0.2) is 34.9 Å². The Kier molecular flexibility index (Phi) is 5.48. The van der Waals surface area contributed by atoms with E-state index in [1.54, 1.807) is 13.2 Å². The predicted molar refractivity (Wildman–Crippen MR) is 96.2 cm³/mol. The number of nitrogens with zero attached hydrogens (tertiary/aromatic N) is 3. The van der Waals surface area contributed by atoms with Gasteiger partial charge in [-0.25, -0.2) is 0 Å². The maximum absolute atomic E-state index is 12.5. The zero-order valence-electron chi connectivity index (χ0n) is 14.4. The molecule has 25 heavy (non-hydrogen) atoms. The fraction of sp³-hybridized carbons (Fsp3) is 0.444. The van der Waals surface area contributed by atoms with Crippen molar-refractivity contribution in [1.29, 1.82) is 0 Å². The number of aryl methyl sites for hydroxylation is 1. The van der Waals surface area contributed by atoms with Gasteiger partial charge >= 0.3 is 0 Å². The van der Waals surface area contributed by atoms with Crippen molar-refractivity contribution in [3.8, 4) is 5.75 Å². The lowest BCUT2D eigenvalue weighted by molar-refractivity contribution is -0.133. The Morgan fingerprint density at radius 1 is 1.40 bits per heavy atom. The first-order chi connectivity index (χ1) is 12.1. The van der Waals surface area contributed by atoms with E-state index in [1.807, 2.05) is 23.1 Å². The number of hydrogen-bond donors (Lipinski definition) is 0. The summed E-state index contributed by atoms with van der Waals surface area (Å²) in [5.41, 5.74) is 1.07. The Balaban J connectivity index is 1.58. The maximum atomic E-state index is 12.5. The third-order valence-corrected chi connectivity index (χ3v) is 4.67. The summed E-state index contributed by atoms with van der Waals surface area (Å²) in [6.07, 6.45) is 0.905. The summed E-state index contributed by atoms with van der Waals surface area (Å²) < 4.78 is 10.5. The minimum absolute atomic E-state index is 0.125. The minimum atomic E-state index is 0.125. The lowest BCUT2D eigenvalue weighted by Crippen LogP contribution is -2.54. The number of halogens is 1. The van der Waals surface area contributed by atoms with Gasteiger partial charge in [-0.1, -0.05) is 28.9 Å². The molecule has 7 heteroatoms. The number of carbonyl (C=O) groups excluding carboxylic acids is 1. The smallest absolute Gasteiger partial charge is 0.223 e. The molecule has 0 spiro atoms. The van der Waals surface area contributed by atoms with E-state index >= 15 is 0 Å². The molecular weight excluding hydrogens is 342 g/mol. The Labute approximate surface area is 152 Å². The second-order valence-corrected chi connectivity index (χ2v) is 6.56. The minimum Gasteiger partial charge on any atom is -0.495 e. The monoisotopic (exact) mass is 363 g/mol. The van der Waals surface area contributed by atoms with Crippen LogP contribution in [-0.4, -0.2) is 48.7 Å². The Morgan fingerprint density at radius 2 is 2.20 bits per heavy atom. The molecule has 1 aromatic carbocycles. The van der Waals surface area contributed by atoms with Crippen LogP contribution in [0.2, 0.25) is 5.15 Å². The van der Waals surface area contributed by atoms with E-state index in [9.17, 15) is 4.79 Å². The molecule has 0 unspecified atom stereocenters. The number of benzene rings is 1. The van der Waals surface area contributed by atoms with Gasteiger partial charge in [-0.3, -0.25) is 4.79 Å². The first-order valence-corrected chi connectivity index (χ1v) is 8.75. The molecule has 0 N–H and O–H groups in total. The van der Waals surface area contributed by atoms with E-state index in [0.717, 1.165) is 24.5 Å². The highest BCUT2D eigenvalue weighted by Gasteiger charge is 2.28. The lowest BCUT2D eigenvalue weighted by atomic mass is 10.1. The Hall–Kier alpha value is -2.21. The molecule has 6 nitrogen and oxygen atoms in total. The van der Waals surface area contributed by atoms with Gasteiger partial charge in [0.15, 0.2) is 5.15 Å². The molecule has 3 rings (SSSR count). The first kappa shape index (κ1) is 17.6. The average molecular weight is 364 g/mol. The maximum Gasteiger partial charge on any atom is 0.223 e. The second kappa shape index (κ2) is 7.78. The van der Waals surface area contributed by atoms with E-state index in [0.29, 0.717) is 30.3 Å². The molecule has 0 radical (unpaired) electrons. The molecule has 1 aliphatic heterocycles. The topological polar surface area (TPSA) is 58.8 Å². The van der Waals surface area contributed by atoms with Gasteiger partial charge in [-0.05, 0) is 19.1 Å². The fourth-order valence-electron chi connectivity index (χ4n) is 3.22. The summed E-state index contributed by atoms with van der Waals surface area (Å²) in [5, 5.41) is 3.95. The zero-order valence-corrected chi connectivity index (χ0v) is 15.2. The van der Waals surface area contributed by atoms with Crippen molar-refractivity contribution < 1.29 is 14.1 Å². The molecule has 1 fully saturated rings. The highest BCUT2D eigenvalue weighted by Crippen LogP contribution is 2.29. The Morgan fingerprint density at radius 3 is 2.88 bits per heavy atom. The third-order valence-electron chi connectivity index (χ3n) is 4.49. The molecule has 1 atom stereocenters. The zero-order chi connectivity index (χ0) is 17.8. The predicted octanol–water partition coefficient (Wildman–Crippen LogP) is 3.01. The van der Waals surface area contributed by atoms with E-state index in [1.165, 1.54) is 0 Å². The highest BCUT2D eigenvalue weighted by atomic mass is 35.5. The van der Waals surface area contributed by atoms with Crippen molar-refractivity contribution in [2.75, 3.05) is 31.6 Å². The van der Waals surface area contributed by atoms with Crippen LogP contribution in [-0.2, 0) is 11.2 Å². The summed E-state index contributed by atoms with van der Waals surface area (Å²) in [4.78, 5) is 16.7. The van der Waals surface area contributed by atoms with Crippen molar-refractivity contribution in [2.24, 2.45) is 0 Å². The van der Waals surface area contributed by atoms with Crippen LogP contribution in [0.25, 0.3) is 0 Å². The molecular formula is C18H22ClN3O3. The summed E-state index contributed by atoms with van der Waals surface area (Å²) >= 11 is 5.73. The van der Waals surface area contributed by atoms with Crippen LogP contribution >= 0.6 is 11.6 Å². The Bertz CT molecular complexity index is 734. The van der Waals surface area contributed by atoms with Crippen LogP contribution < -0.4 is 9.64 Å². The van der Waals surface area contributed by atoms with Crippen molar-refractivity contribution >= 4 is 23.2 Å². The number of methoxy groups -OCH3 is 1. The number of carbonyl (C=O) groups is 1. The molecule has 0 saturated carbocycles.